The Morgan fingerprint density at radius 2 is 2.12 bits per heavy atom. The van der Waals surface area contributed by atoms with E-state index in [9.17, 15) is 9.50 Å². The molecule has 2 atom stereocenters. The van der Waals surface area contributed by atoms with Gasteiger partial charge in [-0.2, -0.15) is 0 Å². The lowest BCUT2D eigenvalue weighted by molar-refractivity contribution is 0.139. The Morgan fingerprint density at radius 1 is 1.50 bits per heavy atom. The summed E-state index contributed by atoms with van der Waals surface area (Å²) in [6.07, 6.45) is -0.179. The molecule has 0 spiro atoms. The SMILES string of the molecule is CC[C@@H](O)[C@@H](N)c1cc(F)ccc1OC.Cl. The van der Waals surface area contributed by atoms with Gasteiger partial charge in [0.05, 0.1) is 19.3 Å². The first kappa shape index (κ1) is 15.2. The van der Waals surface area contributed by atoms with Crippen molar-refractivity contribution in [3.63, 3.8) is 0 Å². The van der Waals surface area contributed by atoms with Gasteiger partial charge in [-0.05, 0) is 24.6 Å². The molecule has 0 aliphatic carbocycles. The number of aliphatic hydroxyl groups excluding tert-OH is 1. The van der Waals surface area contributed by atoms with Gasteiger partial charge >= 0.3 is 0 Å². The second-order valence-electron chi connectivity index (χ2n) is 3.39. The highest BCUT2D eigenvalue weighted by Gasteiger charge is 2.19. The van der Waals surface area contributed by atoms with Crippen molar-refractivity contribution in [1.82, 2.24) is 0 Å². The van der Waals surface area contributed by atoms with Gasteiger partial charge in [0.15, 0.2) is 0 Å². The first-order chi connectivity index (χ1) is 7.10. The molecule has 0 radical (unpaired) electrons. The molecule has 0 saturated carbocycles. The van der Waals surface area contributed by atoms with Crippen LogP contribution in [0, 0.1) is 5.82 Å². The Labute approximate surface area is 101 Å². The molecule has 0 aromatic heterocycles. The first-order valence-corrected chi connectivity index (χ1v) is 4.87. The first-order valence-electron chi connectivity index (χ1n) is 4.87. The zero-order chi connectivity index (χ0) is 11.4. The molecule has 5 heteroatoms. The van der Waals surface area contributed by atoms with E-state index in [0.29, 0.717) is 17.7 Å². The van der Waals surface area contributed by atoms with Crippen LogP contribution in [-0.2, 0) is 0 Å². The van der Waals surface area contributed by atoms with Crippen LogP contribution in [0.2, 0.25) is 0 Å². The van der Waals surface area contributed by atoms with Gasteiger partial charge in [-0.1, -0.05) is 6.92 Å². The van der Waals surface area contributed by atoms with Crippen molar-refractivity contribution in [2.75, 3.05) is 7.11 Å². The third kappa shape index (κ3) is 3.33. The van der Waals surface area contributed by atoms with Crippen LogP contribution in [0.15, 0.2) is 18.2 Å². The predicted octanol–water partition coefficient (Wildman–Crippen LogP) is 2.03. The molecule has 16 heavy (non-hydrogen) atoms. The second-order valence-corrected chi connectivity index (χ2v) is 3.39. The summed E-state index contributed by atoms with van der Waals surface area (Å²) in [5.41, 5.74) is 6.29. The van der Waals surface area contributed by atoms with Gasteiger partial charge in [0.2, 0.25) is 0 Å². The third-order valence-electron chi connectivity index (χ3n) is 2.38. The van der Waals surface area contributed by atoms with E-state index in [1.807, 2.05) is 6.92 Å². The van der Waals surface area contributed by atoms with Crippen molar-refractivity contribution in [2.24, 2.45) is 5.73 Å². The highest BCUT2D eigenvalue weighted by Crippen LogP contribution is 2.27. The van der Waals surface area contributed by atoms with Gasteiger partial charge in [-0.3, -0.25) is 0 Å². The number of aliphatic hydroxyl groups is 1. The smallest absolute Gasteiger partial charge is 0.123 e. The summed E-state index contributed by atoms with van der Waals surface area (Å²) in [6.45, 7) is 1.82. The molecule has 0 aliphatic rings. The van der Waals surface area contributed by atoms with Crippen LogP contribution in [-0.4, -0.2) is 18.3 Å². The number of rotatable bonds is 4. The average Bonchev–Trinajstić information content (AvgIpc) is 2.27. The van der Waals surface area contributed by atoms with Gasteiger partial charge in [0, 0.05) is 5.56 Å². The van der Waals surface area contributed by atoms with E-state index in [1.165, 1.54) is 25.3 Å². The number of halogens is 2. The Balaban J connectivity index is 0.00000225. The van der Waals surface area contributed by atoms with Crippen molar-refractivity contribution >= 4 is 12.4 Å². The molecule has 0 bridgehead atoms. The van der Waals surface area contributed by atoms with Crippen molar-refractivity contribution in [1.29, 1.82) is 0 Å². The fourth-order valence-electron chi connectivity index (χ4n) is 1.43. The van der Waals surface area contributed by atoms with Crippen LogP contribution in [0.1, 0.15) is 24.9 Å². The lowest BCUT2D eigenvalue weighted by Gasteiger charge is -2.20. The van der Waals surface area contributed by atoms with Gasteiger partial charge in [-0.25, -0.2) is 4.39 Å². The second kappa shape index (κ2) is 6.68. The minimum atomic E-state index is -0.694. The maximum absolute atomic E-state index is 13.0. The Hall–Kier alpha value is -0.840. The zero-order valence-electron chi connectivity index (χ0n) is 9.31. The summed E-state index contributed by atoms with van der Waals surface area (Å²) in [4.78, 5) is 0. The molecule has 0 aliphatic heterocycles. The van der Waals surface area contributed by atoms with E-state index < -0.39 is 12.1 Å². The Kier molecular flexibility index (Phi) is 6.33. The molecule has 1 aromatic carbocycles. The number of hydrogen-bond donors (Lipinski definition) is 2. The number of hydrogen-bond acceptors (Lipinski definition) is 3. The van der Waals surface area contributed by atoms with Crippen molar-refractivity contribution in [2.45, 2.75) is 25.5 Å². The highest BCUT2D eigenvalue weighted by molar-refractivity contribution is 5.85. The molecule has 0 unspecified atom stereocenters. The summed E-state index contributed by atoms with van der Waals surface area (Å²) >= 11 is 0. The highest BCUT2D eigenvalue weighted by atomic mass is 35.5. The maximum atomic E-state index is 13.0. The molecule has 92 valence electrons. The van der Waals surface area contributed by atoms with Crippen molar-refractivity contribution < 1.29 is 14.2 Å². The van der Waals surface area contributed by atoms with Crippen molar-refractivity contribution in [3.8, 4) is 5.75 Å². The van der Waals surface area contributed by atoms with Crippen LogP contribution in [0.3, 0.4) is 0 Å². The van der Waals surface area contributed by atoms with E-state index in [4.69, 9.17) is 10.5 Å². The summed E-state index contributed by atoms with van der Waals surface area (Å²) < 4.78 is 18.1. The fraction of sp³-hybridized carbons (Fsp3) is 0.455. The fourth-order valence-corrected chi connectivity index (χ4v) is 1.43. The molecule has 0 saturated heterocycles. The quantitative estimate of drug-likeness (QED) is 0.859. The normalized spacial score (nSPS) is 13.8. The van der Waals surface area contributed by atoms with Gasteiger partial charge in [0.1, 0.15) is 11.6 Å². The Bertz CT molecular complexity index is 336. The van der Waals surface area contributed by atoms with Gasteiger partial charge < -0.3 is 15.6 Å². The van der Waals surface area contributed by atoms with E-state index in [1.54, 1.807) is 0 Å². The molecule has 0 heterocycles. The van der Waals surface area contributed by atoms with Gasteiger partial charge in [-0.15, -0.1) is 12.4 Å². The molecule has 1 aromatic rings. The Morgan fingerprint density at radius 3 is 2.62 bits per heavy atom. The molecular weight excluding hydrogens is 233 g/mol. The van der Waals surface area contributed by atoms with E-state index in [2.05, 4.69) is 0 Å². The average molecular weight is 250 g/mol. The number of benzene rings is 1. The van der Waals surface area contributed by atoms with E-state index in [0.717, 1.165) is 0 Å². The largest absolute Gasteiger partial charge is 0.496 e. The summed E-state index contributed by atoms with van der Waals surface area (Å²) in [7, 11) is 1.49. The molecule has 3 nitrogen and oxygen atoms in total. The molecular formula is C11H17ClFNO2. The third-order valence-corrected chi connectivity index (χ3v) is 2.38. The predicted molar refractivity (Wildman–Crippen MR) is 63.4 cm³/mol. The summed E-state index contributed by atoms with van der Waals surface area (Å²) in [5, 5.41) is 9.59. The number of ether oxygens (including phenoxy) is 1. The van der Waals surface area contributed by atoms with Crippen molar-refractivity contribution in [3.05, 3.63) is 29.6 Å². The van der Waals surface area contributed by atoms with Gasteiger partial charge in [0.25, 0.3) is 0 Å². The maximum Gasteiger partial charge on any atom is 0.123 e. The minimum Gasteiger partial charge on any atom is -0.496 e. The van der Waals surface area contributed by atoms with Crippen LogP contribution in [0.5, 0.6) is 5.75 Å². The van der Waals surface area contributed by atoms with Crippen LogP contribution in [0.25, 0.3) is 0 Å². The standard InChI is InChI=1S/C11H16FNO2.ClH/c1-3-9(14)11(13)8-6-7(12)4-5-10(8)15-2;/h4-6,9,11,14H,3,13H2,1-2H3;1H/t9-,11+;/m1./s1. The monoisotopic (exact) mass is 249 g/mol. The van der Waals surface area contributed by atoms with E-state index in [-0.39, 0.29) is 18.2 Å². The molecule has 1 rings (SSSR count). The summed E-state index contributed by atoms with van der Waals surface area (Å²) in [6, 6.07) is 3.48. The van der Waals surface area contributed by atoms with Crippen LogP contribution in [0.4, 0.5) is 4.39 Å². The minimum absolute atomic E-state index is 0. The topological polar surface area (TPSA) is 55.5 Å². The van der Waals surface area contributed by atoms with Crippen LogP contribution >= 0.6 is 12.4 Å². The lowest BCUT2D eigenvalue weighted by atomic mass is 9.99. The molecule has 0 amide bonds. The molecule has 3 N–H and O–H groups in total. The number of nitrogens with two attached hydrogens (primary N) is 1. The number of methoxy groups -OCH3 is 1. The summed E-state index contributed by atoms with van der Waals surface area (Å²) in [5.74, 6) is 0.112. The van der Waals surface area contributed by atoms with E-state index >= 15 is 0 Å². The zero-order valence-corrected chi connectivity index (χ0v) is 10.1. The van der Waals surface area contributed by atoms with Crippen LogP contribution < -0.4 is 10.5 Å². The lowest BCUT2D eigenvalue weighted by Crippen LogP contribution is -2.26. The molecule has 0 fully saturated rings.